The number of benzene rings is 1. The van der Waals surface area contributed by atoms with Crippen LogP contribution in [0.15, 0.2) is 24.3 Å². The first-order valence-corrected chi connectivity index (χ1v) is 8.06. The molecule has 1 aromatic heterocycles. The Balaban J connectivity index is 1.60. The number of hydrogen-bond donors (Lipinski definition) is 0. The predicted molar refractivity (Wildman–Crippen MR) is 84.5 cm³/mol. The van der Waals surface area contributed by atoms with Crippen LogP contribution in [-0.4, -0.2) is 32.4 Å². The summed E-state index contributed by atoms with van der Waals surface area (Å²) in [6, 6.07) is 8.48. The molecule has 0 saturated carbocycles. The van der Waals surface area contributed by atoms with Gasteiger partial charge in [-0.15, -0.1) is 10.2 Å². The van der Waals surface area contributed by atoms with Gasteiger partial charge in [-0.3, -0.25) is 0 Å². The first-order valence-electron chi connectivity index (χ1n) is 8.06. The van der Waals surface area contributed by atoms with Crippen LogP contribution in [0.3, 0.4) is 0 Å². The predicted octanol–water partition coefficient (Wildman–Crippen LogP) is 2.78. The largest absolute Gasteiger partial charge is 0.376 e. The molecule has 3 atom stereocenters. The lowest BCUT2D eigenvalue weighted by Crippen LogP contribution is -2.31. The fraction of sp³-hybridized carbons (Fsp3) is 0.588. The number of nitrogens with zero attached hydrogens (tertiary/aromatic N) is 4. The summed E-state index contributed by atoms with van der Waals surface area (Å²) in [5, 5.41) is 12.9. The van der Waals surface area contributed by atoms with E-state index in [0.717, 1.165) is 31.6 Å². The highest BCUT2D eigenvalue weighted by molar-refractivity contribution is 5.23. The van der Waals surface area contributed by atoms with Gasteiger partial charge in [0.05, 0.1) is 18.8 Å². The van der Waals surface area contributed by atoms with Crippen LogP contribution in [0.2, 0.25) is 0 Å². The van der Waals surface area contributed by atoms with Gasteiger partial charge in [0.2, 0.25) is 0 Å². The second-order valence-electron chi connectivity index (χ2n) is 6.52. The zero-order valence-corrected chi connectivity index (χ0v) is 13.6. The van der Waals surface area contributed by atoms with Crippen molar-refractivity contribution < 1.29 is 4.74 Å². The molecule has 2 aromatic rings. The summed E-state index contributed by atoms with van der Waals surface area (Å²) in [6.45, 7) is 7.20. The molecule has 0 N–H and O–H groups in total. The highest BCUT2D eigenvalue weighted by atomic mass is 16.5. The minimum Gasteiger partial charge on any atom is -0.376 e. The molecule has 5 heteroatoms. The first kappa shape index (κ1) is 15.2. The van der Waals surface area contributed by atoms with Crippen LogP contribution in [-0.2, 0) is 17.7 Å². The molecule has 0 bridgehead atoms. The van der Waals surface area contributed by atoms with Crippen molar-refractivity contribution in [3.8, 4) is 0 Å². The Labute approximate surface area is 131 Å². The van der Waals surface area contributed by atoms with E-state index in [1.165, 1.54) is 11.1 Å². The second kappa shape index (κ2) is 6.57. The van der Waals surface area contributed by atoms with E-state index < -0.39 is 0 Å². The molecule has 0 spiro atoms. The normalized spacial score (nSPS) is 25.3. The molecule has 3 rings (SSSR count). The van der Waals surface area contributed by atoms with Gasteiger partial charge in [0.25, 0.3) is 0 Å². The van der Waals surface area contributed by atoms with Crippen LogP contribution in [0.1, 0.15) is 43.6 Å². The Morgan fingerprint density at radius 2 is 1.82 bits per heavy atom. The standard InChI is InChI=1S/C17H24N4O/c1-12-4-6-15(7-5-12)10-17-18-20-21(19-17)11-16-8-13(2)22-14(3)9-16/h4-7,13-14,16H,8-11H2,1-3H3/t13-,14+,16?. The summed E-state index contributed by atoms with van der Waals surface area (Å²) >= 11 is 0. The van der Waals surface area contributed by atoms with Gasteiger partial charge < -0.3 is 4.74 Å². The van der Waals surface area contributed by atoms with Gasteiger partial charge >= 0.3 is 0 Å². The van der Waals surface area contributed by atoms with Crippen LogP contribution in [0.5, 0.6) is 0 Å². The lowest BCUT2D eigenvalue weighted by atomic mass is 9.93. The smallest absolute Gasteiger partial charge is 0.179 e. The maximum absolute atomic E-state index is 5.78. The van der Waals surface area contributed by atoms with Gasteiger partial charge in [-0.25, -0.2) is 0 Å². The van der Waals surface area contributed by atoms with E-state index in [9.17, 15) is 0 Å². The van der Waals surface area contributed by atoms with Gasteiger partial charge in [0, 0.05) is 6.42 Å². The molecule has 5 nitrogen and oxygen atoms in total. The fourth-order valence-corrected chi connectivity index (χ4v) is 3.24. The number of ether oxygens (including phenoxy) is 1. The first-order chi connectivity index (χ1) is 10.6. The molecule has 1 saturated heterocycles. The highest BCUT2D eigenvalue weighted by Gasteiger charge is 2.25. The molecule has 0 amide bonds. The molecule has 1 aliphatic rings. The van der Waals surface area contributed by atoms with Crippen LogP contribution in [0, 0.1) is 12.8 Å². The molecule has 2 heterocycles. The fourth-order valence-electron chi connectivity index (χ4n) is 3.24. The number of aryl methyl sites for hydroxylation is 1. The Bertz CT molecular complexity index is 597. The molecular formula is C17H24N4O. The molecule has 118 valence electrons. The number of hydrogen-bond acceptors (Lipinski definition) is 4. The van der Waals surface area contributed by atoms with Crippen LogP contribution < -0.4 is 0 Å². The van der Waals surface area contributed by atoms with Crippen LogP contribution in [0.4, 0.5) is 0 Å². The van der Waals surface area contributed by atoms with Crippen LogP contribution >= 0.6 is 0 Å². The van der Waals surface area contributed by atoms with Crippen molar-refractivity contribution >= 4 is 0 Å². The van der Waals surface area contributed by atoms with Gasteiger partial charge in [-0.05, 0) is 50.3 Å². The maximum Gasteiger partial charge on any atom is 0.179 e. The number of tetrazole rings is 1. The monoisotopic (exact) mass is 300 g/mol. The summed E-state index contributed by atoms with van der Waals surface area (Å²) in [5.41, 5.74) is 2.49. The topological polar surface area (TPSA) is 52.8 Å². The lowest BCUT2D eigenvalue weighted by molar-refractivity contribution is -0.0561. The van der Waals surface area contributed by atoms with Crippen molar-refractivity contribution in [3.63, 3.8) is 0 Å². The molecule has 1 unspecified atom stereocenters. The second-order valence-corrected chi connectivity index (χ2v) is 6.52. The van der Waals surface area contributed by atoms with Crippen LogP contribution in [0.25, 0.3) is 0 Å². The minimum absolute atomic E-state index is 0.323. The molecular weight excluding hydrogens is 276 g/mol. The molecule has 0 radical (unpaired) electrons. The van der Waals surface area contributed by atoms with Crippen molar-refractivity contribution in [2.24, 2.45) is 5.92 Å². The summed E-state index contributed by atoms with van der Waals surface area (Å²) in [5.74, 6) is 1.36. The van der Waals surface area contributed by atoms with E-state index >= 15 is 0 Å². The van der Waals surface area contributed by atoms with E-state index in [4.69, 9.17) is 4.74 Å². The summed E-state index contributed by atoms with van der Waals surface area (Å²) in [6.07, 6.45) is 3.52. The average molecular weight is 300 g/mol. The third-order valence-electron chi connectivity index (χ3n) is 4.19. The van der Waals surface area contributed by atoms with Crippen molar-refractivity contribution in [1.29, 1.82) is 0 Å². The van der Waals surface area contributed by atoms with E-state index in [1.807, 2.05) is 0 Å². The zero-order chi connectivity index (χ0) is 15.5. The van der Waals surface area contributed by atoms with E-state index in [2.05, 4.69) is 60.4 Å². The molecule has 1 aliphatic heterocycles. The molecule has 1 fully saturated rings. The van der Waals surface area contributed by atoms with Gasteiger partial charge in [-0.2, -0.15) is 4.80 Å². The van der Waals surface area contributed by atoms with Crippen molar-refractivity contribution in [2.75, 3.05) is 0 Å². The van der Waals surface area contributed by atoms with E-state index in [0.29, 0.717) is 18.1 Å². The zero-order valence-electron chi connectivity index (χ0n) is 13.6. The maximum atomic E-state index is 5.78. The van der Waals surface area contributed by atoms with Gasteiger partial charge in [-0.1, -0.05) is 29.8 Å². The Kier molecular flexibility index (Phi) is 4.52. The van der Waals surface area contributed by atoms with Gasteiger partial charge in [0.15, 0.2) is 5.82 Å². The quantitative estimate of drug-likeness (QED) is 0.871. The highest BCUT2D eigenvalue weighted by Crippen LogP contribution is 2.25. The number of rotatable bonds is 4. The Hall–Kier alpha value is -1.75. The molecule has 1 aromatic carbocycles. The van der Waals surface area contributed by atoms with E-state index in [-0.39, 0.29) is 0 Å². The summed E-state index contributed by atoms with van der Waals surface area (Å²) in [4.78, 5) is 1.75. The molecule has 0 aliphatic carbocycles. The Morgan fingerprint density at radius 1 is 1.14 bits per heavy atom. The lowest BCUT2D eigenvalue weighted by Gasteiger charge is -2.31. The van der Waals surface area contributed by atoms with Crippen molar-refractivity contribution in [2.45, 2.75) is 58.8 Å². The molecule has 22 heavy (non-hydrogen) atoms. The third-order valence-corrected chi connectivity index (χ3v) is 4.19. The average Bonchev–Trinajstić information content (AvgIpc) is 2.87. The van der Waals surface area contributed by atoms with Crippen molar-refractivity contribution in [1.82, 2.24) is 20.2 Å². The SMILES string of the molecule is Cc1ccc(Cc2nnn(CC3C[C@@H](C)O[C@@H](C)C3)n2)cc1. The van der Waals surface area contributed by atoms with Crippen molar-refractivity contribution in [3.05, 3.63) is 41.2 Å². The number of aromatic nitrogens is 4. The Morgan fingerprint density at radius 3 is 2.50 bits per heavy atom. The summed E-state index contributed by atoms with van der Waals surface area (Å²) in [7, 11) is 0. The third kappa shape index (κ3) is 3.91. The summed E-state index contributed by atoms with van der Waals surface area (Å²) < 4.78 is 5.78. The van der Waals surface area contributed by atoms with E-state index in [1.54, 1.807) is 4.80 Å². The minimum atomic E-state index is 0.323. The van der Waals surface area contributed by atoms with Gasteiger partial charge in [0.1, 0.15) is 0 Å².